The maximum Gasteiger partial charge on any atom is 0.417 e. The lowest BCUT2D eigenvalue weighted by atomic mass is 10.1. The first kappa shape index (κ1) is 21.3. The fraction of sp³-hybridized carbons (Fsp3) is 0.304. The third-order valence-electron chi connectivity index (χ3n) is 5.87. The molecule has 7 nitrogen and oxygen atoms in total. The Balaban J connectivity index is 1.64. The minimum atomic E-state index is -4.54. The van der Waals surface area contributed by atoms with Crippen molar-refractivity contribution in [1.29, 1.82) is 0 Å². The number of fused-ring (bicyclic) bond motifs is 2. The minimum absolute atomic E-state index is 0.00932. The number of aromatic amines is 1. The standard InChI is InChI=1S/C23H21F3N4O3/c1-32-14-2-3-20-16(10-14)17(12-30(20)13-21(31)29-6-8-33-9-7-29)19-11-18(23(24,25)26)15-4-5-27-22(15)28-19/h2-5,10-12H,6-9,13H2,1H3,(H,27,28). The average molecular weight is 458 g/mol. The summed E-state index contributed by atoms with van der Waals surface area (Å²) in [6.07, 6.45) is -1.43. The molecule has 1 aliphatic heterocycles. The number of H-pyrrole nitrogens is 1. The molecule has 1 saturated heterocycles. The first-order valence-corrected chi connectivity index (χ1v) is 10.4. The van der Waals surface area contributed by atoms with Crippen LogP contribution in [0.2, 0.25) is 0 Å². The quantitative estimate of drug-likeness (QED) is 0.501. The van der Waals surface area contributed by atoms with Gasteiger partial charge in [0.15, 0.2) is 0 Å². The summed E-state index contributed by atoms with van der Waals surface area (Å²) in [6.45, 7) is 2.05. The van der Waals surface area contributed by atoms with Gasteiger partial charge in [0.2, 0.25) is 5.91 Å². The summed E-state index contributed by atoms with van der Waals surface area (Å²) < 4.78 is 53.7. The van der Waals surface area contributed by atoms with Crippen molar-refractivity contribution >= 4 is 27.8 Å². The molecule has 1 amide bonds. The largest absolute Gasteiger partial charge is 0.497 e. The molecule has 4 heterocycles. The topological polar surface area (TPSA) is 72.4 Å². The second kappa shape index (κ2) is 8.11. The van der Waals surface area contributed by atoms with Gasteiger partial charge in [-0.15, -0.1) is 0 Å². The van der Waals surface area contributed by atoms with E-state index in [4.69, 9.17) is 9.47 Å². The number of amides is 1. The lowest BCUT2D eigenvalue weighted by molar-refractivity contribution is -0.136. The zero-order valence-electron chi connectivity index (χ0n) is 17.8. The maximum absolute atomic E-state index is 13.8. The van der Waals surface area contributed by atoms with Crippen molar-refractivity contribution in [1.82, 2.24) is 19.4 Å². The number of alkyl halides is 3. The smallest absolute Gasteiger partial charge is 0.417 e. The van der Waals surface area contributed by atoms with Gasteiger partial charge < -0.3 is 23.9 Å². The summed E-state index contributed by atoms with van der Waals surface area (Å²) in [7, 11) is 1.52. The number of rotatable bonds is 4. The van der Waals surface area contributed by atoms with Crippen LogP contribution in [0.4, 0.5) is 13.2 Å². The van der Waals surface area contributed by atoms with E-state index in [-0.39, 0.29) is 29.2 Å². The Kier molecular flexibility index (Phi) is 5.24. The van der Waals surface area contributed by atoms with Gasteiger partial charge in [0, 0.05) is 47.3 Å². The Morgan fingerprint density at radius 3 is 2.70 bits per heavy atom. The predicted molar refractivity (Wildman–Crippen MR) is 116 cm³/mol. The van der Waals surface area contributed by atoms with E-state index in [9.17, 15) is 18.0 Å². The number of methoxy groups -OCH3 is 1. The van der Waals surface area contributed by atoms with Crippen LogP contribution in [0.25, 0.3) is 33.2 Å². The van der Waals surface area contributed by atoms with Crippen LogP contribution < -0.4 is 4.74 Å². The van der Waals surface area contributed by atoms with Gasteiger partial charge in [-0.2, -0.15) is 13.2 Å². The number of ether oxygens (including phenoxy) is 2. The molecule has 0 spiro atoms. The number of aromatic nitrogens is 3. The first-order valence-electron chi connectivity index (χ1n) is 10.4. The van der Waals surface area contributed by atoms with Crippen LogP contribution in [0, 0.1) is 0 Å². The Morgan fingerprint density at radius 1 is 1.18 bits per heavy atom. The number of halogens is 3. The zero-order valence-corrected chi connectivity index (χ0v) is 17.8. The Hall–Kier alpha value is -3.53. The van der Waals surface area contributed by atoms with Gasteiger partial charge in [0.25, 0.3) is 0 Å². The van der Waals surface area contributed by atoms with E-state index in [0.717, 1.165) is 6.07 Å². The highest BCUT2D eigenvalue weighted by atomic mass is 19.4. The molecule has 4 aromatic rings. The fourth-order valence-electron chi connectivity index (χ4n) is 4.21. The predicted octanol–water partition coefficient (Wildman–Crippen LogP) is 4.07. The third-order valence-corrected chi connectivity index (χ3v) is 5.87. The number of pyridine rings is 1. The summed E-state index contributed by atoms with van der Waals surface area (Å²) in [5, 5.41) is 0.658. The normalized spacial score (nSPS) is 14.8. The van der Waals surface area contributed by atoms with Crippen molar-refractivity contribution < 1.29 is 27.4 Å². The monoisotopic (exact) mass is 458 g/mol. The van der Waals surface area contributed by atoms with E-state index in [1.165, 1.54) is 19.4 Å². The molecule has 1 N–H and O–H groups in total. The second-order valence-electron chi connectivity index (χ2n) is 7.84. The molecule has 0 radical (unpaired) electrons. The van der Waals surface area contributed by atoms with Crippen molar-refractivity contribution in [3.05, 3.63) is 48.3 Å². The molecular weight excluding hydrogens is 437 g/mol. The van der Waals surface area contributed by atoms with E-state index in [0.29, 0.717) is 48.5 Å². The number of hydrogen-bond donors (Lipinski definition) is 1. The molecule has 0 unspecified atom stereocenters. The third kappa shape index (κ3) is 3.91. The summed E-state index contributed by atoms with van der Waals surface area (Å²) in [5.74, 6) is 0.472. The van der Waals surface area contributed by atoms with Gasteiger partial charge in [-0.1, -0.05) is 0 Å². The van der Waals surface area contributed by atoms with Crippen LogP contribution in [0.3, 0.4) is 0 Å². The molecule has 0 bridgehead atoms. The molecule has 0 aliphatic carbocycles. The van der Waals surface area contributed by atoms with Crippen molar-refractivity contribution in [2.24, 2.45) is 0 Å². The molecule has 1 fully saturated rings. The number of benzene rings is 1. The average Bonchev–Trinajstić information content (AvgIpc) is 3.42. The Bertz CT molecular complexity index is 1340. The van der Waals surface area contributed by atoms with Crippen molar-refractivity contribution in [2.75, 3.05) is 33.4 Å². The number of nitrogens with zero attached hydrogens (tertiary/aromatic N) is 3. The van der Waals surface area contributed by atoms with Crippen LogP contribution in [-0.4, -0.2) is 58.8 Å². The molecule has 33 heavy (non-hydrogen) atoms. The first-order chi connectivity index (χ1) is 15.8. The van der Waals surface area contributed by atoms with E-state index >= 15 is 0 Å². The van der Waals surface area contributed by atoms with Gasteiger partial charge in [-0.05, 0) is 30.3 Å². The van der Waals surface area contributed by atoms with E-state index < -0.39 is 11.7 Å². The molecule has 0 atom stereocenters. The molecule has 3 aromatic heterocycles. The van der Waals surface area contributed by atoms with Gasteiger partial charge >= 0.3 is 6.18 Å². The van der Waals surface area contributed by atoms with E-state index in [1.54, 1.807) is 33.9 Å². The van der Waals surface area contributed by atoms with Gasteiger partial charge in [0.05, 0.1) is 31.6 Å². The van der Waals surface area contributed by atoms with Gasteiger partial charge in [-0.3, -0.25) is 4.79 Å². The van der Waals surface area contributed by atoms with Crippen molar-refractivity contribution in [2.45, 2.75) is 12.7 Å². The number of carbonyl (C=O) groups excluding carboxylic acids is 1. The number of carbonyl (C=O) groups is 1. The minimum Gasteiger partial charge on any atom is -0.497 e. The Morgan fingerprint density at radius 2 is 1.97 bits per heavy atom. The van der Waals surface area contributed by atoms with Gasteiger partial charge in [-0.25, -0.2) is 4.98 Å². The maximum atomic E-state index is 13.8. The number of nitrogens with one attached hydrogen (secondary N) is 1. The molecule has 5 rings (SSSR count). The SMILES string of the molecule is COc1ccc2c(c1)c(-c1cc(C(F)(F)F)c3cc[nH]c3n1)cn2CC(=O)N1CCOCC1. The fourth-order valence-corrected chi connectivity index (χ4v) is 4.21. The molecular formula is C23H21F3N4O3. The summed E-state index contributed by atoms with van der Waals surface area (Å²) in [6, 6.07) is 7.71. The zero-order chi connectivity index (χ0) is 23.2. The summed E-state index contributed by atoms with van der Waals surface area (Å²) in [4.78, 5) is 21.8. The van der Waals surface area contributed by atoms with Crippen LogP contribution in [0.5, 0.6) is 5.75 Å². The van der Waals surface area contributed by atoms with Crippen LogP contribution in [0.15, 0.2) is 42.7 Å². The molecule has 10 heteroatoms. The van der Waals surface area contributed by atoms with E-state index in [2.05, 4.69) is 9.97 Å². The molecule has 172 valence electrons. The molecule has 0 saturated carbocycles. The number of morpholine rings is 1. The highest BCUT2D eigenvalue weighted by Gasteiger charge is 2.34. The lowest BCUT2D eigenvalue weighted by Crippen LogP contribution is -2.42. The molecule has 1 aromatic carbocycles. The van der Waals surface area contributed by atoms with Crippen LogP contribution >= 0.6 is 0 Å². The number of hydrogen-bond acceptors (Lipinski definition) is 4. The highest BCUT2D eigenvalue weighted by molar-refractivity contribution is 5.98. The van der Waals surface area contributed by atoms with Crippen molar-refractivity contribution in [3.63, 3.8) is 0 Å². The van der Waals surface area contributed by atoms with Crippen LogP contribution in [-0.2, 0) is 22.3 Å². The van der Waals surface area contributed by atoms with Gasteiger partial charge in [0.1, 0.15) is 17.9 Å². The highest BCUT2D eigenvalue weighted by Crippen LogP contribution is 2.39. The molecule has 1 aliphatic rings. The Labute approximate surface area is 186 Å². The van der Waals surface area contributed by atoms with Crippen molar-refractivity contribution in [3.8, 4) is 17.0 Å². The summed E-state index contributed by atoms with van der Waals surface area (Å²) in [5.41, 5.74) is 0.730. The van der Waals surface area contributed by atoms with Crippen LogP contribution in [0.1, 0.15) is 5.56 Å². The summed E-state index contributed by atoms with van der Waals surface area (Å²) >= 11 is 0. The second-order valence-corrected chi connectivity index (χ2v) is 7.84. The van der Waals surface area contributed by atoms with E-state index in [1.807, 2.05) is 0 Å². The lowest BCUT2D eigenvalue weighted by Gasteiger charge is -2.27.